The predicted octanol–water partition coefficient (Wildman–Crippen LogP) is 2.17. The molecule has 6 nitrogen and oxygen atoms in total. The number of benzene rings is 1. The standard InChI is InChI=1S/C20H32FN5OS/c1-20(2,28-4)15-24-19(22-3)23-10-9-18(27)26-13-11-25(12-14-26)17-7-5-16(21)6-8-17/h5-8H,9-15H2,1-4H3,(H2,22,23,24). The number of guanidine groups is 1. The number of carbonyl (C=O) groups is 1. The van der Waals surface area contributed by atoms with Gasteiger partial charge in [0.15, 0.2) is 5.96 Å². The molecular formula is C20H32FN5OS. The summed E-state index contributed by atoms with van der Waals surface area (Å²) in [4.78, 5) is 20.8. The van der Waals surface area contributed by atoms with E-state index < -0.39 is 0 Å². The van der Waals surface area contributed by atoms with E-state index in [4.69, 9.17) is 0 Å². The van der Waals surface area contributed by atoms with Gasteiger partial charge < -0.3 is 20.4 Å². The molecule has 1 aliphatic heterocycles. The van der Waals surface area contributed by atoms with E-state index in [2.05, 4.69) is 40.6 Å². The molecule has 0 aromatic heterocycles. The van der Waals surface area contributed by atoms with Crippen molar-refractivity contribution in [3.8, 4) is 0 Å². The van der Waals surface area contributed by atoms with Crippen molar-refractivity contribution >= 4 is 29.3 Å². The molecule has 0 spiro atoms. The number of rotatable bonds is 7. The molecule has 0 bridgehead atoms. The molecule has 1 aliphatic rings. The number of aliphatic imine (C=N–C) groups is 1. The van der Waals surface area contributed by atoms with Crippen molar-refractivity contribution in [3.63, 3.8) is 0 Å². The SMILES string of the molecule is CN=C(NCCC(=O)N1CCN(c2ccc(F)cc2)CC1)NCC(C)(C)SC. The zero-order valence-corrected chi connectivity index (χ0v) is 18.1. The monoisotopic (exact) mass is 409 g/mol. The molecule has 1 heterocycles. The van der Waals surface area contributed by atoms with Crippen LogP contribution in [0.25, 0.3) is 0 Å². The van der Waals surface area contributed by atoms with Crippen LogP contribution in [0.3, 0.4) is 0 Å². The lowest BCUT2D eigenvalue weighted by Gasteiger charge is -2.36. The number of hydrogen-bond donors (Lipinski definition) is 2. The van der Waals surface area contributed by atoms with Crippen molar-refractivity contribution in [1.82, 2.24) is 15.5 Å². The third kappa shape index (κ3) is 6.89. The van der Waals surface area contributed by atoms with Gasteiger partial charge in [-0.15, -0.1) is 0 Å². The van der Waals surface area contributed by atoms with Crippen molar-refractivity contribution in [2.45, 2.75) is 25.0 Å². The Labute approximate surface area is 171 Å². The minimum absolute atomic E-state index is 0.123. The molecule has 0 saturated carbocycles. The number of amides is 1. The van der Waals surface area contributed by atoms with Crippen LogP contribution in [0.1, 0.15) is 20.3 Å². The molecule has 1 saturated heterocycles. The van der Waals surface area contributed by atoms with E-state index in [9.17, 15) is 9.18 Å². The van der Waals surface area contributed by atoms with E-state index in [1.165, 1.54) is 12.1 Å². The molecule has 28 heavy (non-hydrogen) atoms. The Bertz CT molecular complexity index is 657. The van der Waals surface area contributed by atoms with Gasteiger partial charge in [-0.1, -0.05) is 0 Å². The Hall–Kier alpha value is -1.96. The molecule has 2 N–H and O–H groups in total. The Morgan fingerprint density at radius 2 is 1.82 bits per heavy atom. The summed E-state index contributed by atoms with van der Waals surface area (Å²) >= 11 is 1.80. The second-order valence-corrected chi connectivity index (χ2v) is 8.92. The van der Waals surface area contributed by atoms with Gasteiger partial charge in [0, 0.05) is 63.2 Å². The van der Waals surface area contributed by atoms with Gasteiger partial charge in [-0.25, -0.2) is 4.39 Å². The summed E-state index contributed by atoms with van der Waals surface area (Å²) in [6.07, 6.45) is 2.52. The molecule has 0 radical (unpaired) electrons. The Morgan fingerprint density at radius 1 is 1.18 bits per heavy atom. The van der Waals surface area contributed by atoms with Crippen LogP contribution in [0.15, 0.2) is 29.3 Å². The highest BCUT2D eigenvalue weighted by Crippen LogP contribution is 2.19. The lowest BCUT2D eigenvalue weighted by molar-refractivity contribution is -0.131. The highest BCUT2D eigenvalue weighted by atomic mass is 32.2. The smallest absolute Gasteiger partial charge is 0.224 e. The van der Waals surface area contributed by atoms with Gasteiger partial charge >= 0.3 is 0 Å². The molecule has 0 unspecified atom stereocenters. The number of nitrogens with zero attached hydrogens (tertiary/aromatic N) is 3. The largest absolute Gasteiger partial charge is 0.368 e. The van der Waals surface area contributed by atoms with Crippen molar-refractivity contribution in [1.29, 1.82) is 0 Å². The number of nitrogens with one attached hydrogen (secondary N) is 2. The topological polar surface area (TPSA) is 60.0 Å². The van der Waals surface area contributed by atoms with Gasteiger partial charge in [-0.2, -0.15) is 11.8 Å². The lowest BCUT2D eigenvalue weighted by atomic mass is 10.2. The first-order chi connectivity index (χ1) is 13.3. The third-order valence-corrected chi connectivity index (χ3v) is 6.16. The lowest BCUT2D eigenvalue weighted by Crippen LogP contribution is -2.49. The minimum Gasteiger partial charge on any atom is -0.368 e. The molecule has 8 heteroatoms. The Morgan fingerprint density at radius 3 is 2.39 bits per heavy atom. The number of anilines is 1. The first kappa shape index (κ1) is 22.3. The van der Waals surface area contributed by atoms with Crippen LogP contribution in [-0.2, 0) is 4.79 Å². The van der Waals surface area contributed by atoms with E-state index in [1.54, 1.807) is 30.9 Å². The normalized spacial score (nSPS) is 15.5. The predicted molar refractivity (Wildman–Crippen MR) is 117 cm³/mol. The van der Waals surface area contributed by atoms with Gasteiger partial charge in [-0.05, 0) is 44.4 Å². The third-order valence-electron chi connectivity index (χ3n) is 4.91. The van der Waals surface area contributed by atoms with E-state index in [0.29, 0.717) is 26.1 Å². The second kappa shape index (κ2) is 10.5. The quantitative estimate of drug-likeness (QED) is 0.534. The highest BCUT2D eigenvalue weighted by Gasteiger charge is 2.21. The fraction of sp³-hybridized carbons (Fsp3) is 0.600. The van der Waals surface area contributed by atoms with Gasteiger partial charge in [0.25, 0.3) is 0 Å². The Kier molecular flexibility index (Phi) is 8.41. The number of hydrogen-bond acceptors (Lipinski definition) is 4. The van der Waals surface area contributed by atoms with Crippen molar-refractivity contribution in [3.05, 3.63) is 30.1 Å². The summed E-state index contributed by atoms with van der Waals surface area (Å²) in [6.45, 7) is 8.59. The van der Waals surface area contributed by atoms with E-state index in [1.807, 2.05) is 4.90 Å². The van der Waals surface area contributed by atoms with E-state index in [-0.39, 0.29) is 16.5 Å². The summed E-state index contributed by atoms with van der Waals surface area (Å²) < 4.78 is 13.2. The number of halogens is 1. The molecule has 1 amide bonds. The van der Waals surface area contributed by atoms with Gasteiger partial charge in [0.2, 0.25) is 5.91 Å². The highest BCUT2D eigenvalue weighted by molar-refractivity contribution is 7.99. The number of carbonyl (C=O) groups excluding carboxylic acids is 1. The van der Waals surface area contributed by atoms with E-state index in [0.717, 1.165) is 31.3 Å². The maximum atomic E-state index is 13.1. The summed E-state index contributed by atoms with van der Waals surface area (Å²) in [5.74, 6) is 0.633. The molecule has 0 atom stereocenters. The van der Waals surface area contributed by atoms with Crippen molar-refractivity contribution < 1.29 is 9.18 Å². The second-order valence-electron chi connectivity index (χ2n) is 7.41. The van der Waals surface area contributed by atoms with Crippen LogP contribution in [0.2, 0.25) is 0 Å². The average molecular weight is 410 g/mol. The van der Waals surface area contributed by atoms with Crippen LogP contribution in [-0.4, -0.2) is 74.1 Å². The van der Waals surface area contributed by atoms with Crippen LogP contribution < -0.4 is 15.5 Å². The summed E-state index contributed by atoms with van der Waals surface area (Å²) in [5, 5.41) is 6.51. The zero-order chi connectivity index (χ0) is 20.6. The maximum absolute atomic E-state index is 13.1. The van der Waals surface area contributed by atoms with Crippen LogP contribution >= 0.6 is 11.8 Å². The first-order valence-electron chi connectivity index (χ1n) is 9.62. The van der Waals surface area contributed by atoms with Gasteiger partial charge in [-0.3, -0.25) is 9.79 Å². The summed E-state index contributed by atoms with van der Waals surface area (Å²) in [7, 11) is 1.73. The number of piperazine rings is 1. The maximum Gasteiger partial charge on any atom is 0.224 e. The minimum atomic E-state index is -0.230. The average Bonchev–Trinajstić information content (AvgIpc) is 2.71. The fourth-order valence-electron chi connectivity index (χ4n) is 2.90. The van der Waals surface area contributed by atoms with Gasteiger partial charge in [0.1, 0.15) is 5.82 Å². The van der Waals surface area contributed by atoms with E-state index >= 15 is 0 Å². The van der Waals surface area contributed by atoms with Crippen LogP contribution in [0.5, 0.6) is 0 Å². The van der Waals surface area contributed by atoms with Crippen molar-refractivity contribution in [2.75, 3.05) is 57.5 Å². The summed E-state index contributed by atoms with van der Waals surface area (Å²) in [6, 6.07) is 6.51. The zero-order valence-electron chi connectivity index (χ0n) is 17.3. The van der Waals surface area contributed by atoms with Crippen molar-refractivity contribution in [2.24, 2.45) is 4.99 Å². The van der Waals surface area contributed by atoms with Gasteiger partial charge in [0.05, 0.1) is 0 Å². The molecule has 1 aromatic carbocycles. The molecule has 0 aliphatic carbocycles. The molecule has 1 fully saturated rings. The molecular weight excluding hydrogens is 377 g/mol. The molecule has 1 aromatic rings. The number of thioether (sulfide) groups is 1. The Balaban J connectivity index is 1.70. The fourth-order valence-corrected chi connectivity index (χ4v) is 3.12. The summed E-state index contributed by atoms with van der Waals surface area (Å²) in [5.41, 5.74) is 0.998. The van der Waals surface area contributed by atoms with Crippen LogP contribution in [0.4, 0.5) is 10.1 Å². The molecule has 156 valence electrons. The molecule has 2 rings (SSSR count). The van der Waals surface area contributed by atoms with Crippen LogP contribution in [0, 0.1) is 5.82 Å². The first-order valence-corrected chi connectivity index (χ1v) is 10.8.